The zero-order chi connectivity index (χ0) is 99.0. The highest BCUT2D eigenvalue weighted by Crippen LogP contribution is 2.55. The molecule has 0 aliphatic carbocycles. The normalized spacial score (nSPS) is 15.1. The minimum atomic E-state index is -0.815. The molecule has 0 saturated carbocycles. The van der Waals surface area contributed by atoms with Gasteiger partial charge in [0.2, 0.25) is 0 Å². The Hall–Kier alpha value is -13.4. The van der Waals surface area contributed by atoms with Crippen LogP contribution in [0.4, 0.5) is 34.1 Å². The van der Waals surface area contributed by atoms with Gasteiger partial charge in [-0.3, -0.25) is 0 Å². The summed E-state index contributed by atoms with van der Waals surface area (Å²) in [5.74, 6) is -1.25. The number of anilines is 6. The Kier molecular flexibility index (Phi) is 13.8. The Bertz CT molecular complexity index is 8000. The molecular formula is C113H100BN7. The third-order valence-corrected chi connectivity index (χ3v) is 24.1. The summed E-state index contributed by atoms with van der Waals surface area (Å²) in [4.78, 5) is 20.2. The molecule has 0 radical (unpaired) electrons. The van der Waals surface area contributed by atoms with Crippen LogP contribution in [0.3, 0.4) is 0 Å². The third-order valence-electron chi connectivity index (χ3n) is 24.1. The van der Waals surface area contributed by atoms with Crippen LogP contribution in [0.15, 0.2) is 333 Å². The zero-order valence-corrected chi connectivity index (χ0v) is 70.6. The Morgan fingerprint density at radius 3 is 1.17 bits per heavy atom. The average Bonchev–Trinajstić information content (AvgIpc) is 1.33. The molecule has 15 aromatic carbocycles. The van der Waals surface area contributed by atoms with Crippen LogP contribution in [0.5, 0.6) is 0 Å². The van der Waals surface area contributed by atoms with Gasteiger partial charge in [-0.05, 0) is 202 Å². The summed E-state index contributed by atoms with van der Waals surface area (Å²) in [6.07, 6.45) is 0. The van der Waals surface area contributed by atoms with Crippen LogP contribution in [0.25, 0.3) is 134 Å². The van der Waals surface area contributed by atoms with Crippen molar-refractivity contribution in [1.82, 2.24) is 24.1 Å². The van der Waals surface area contributed by atoms with Gasteiger partial charge in [-0.1, -0.05) is 340 Å². The van der Waals surface area contributed by atoms with Crippen LogP contribution >= 0.6 is 0 Å². The number of fused-ring (bicyclic) bond motifs is 10. The van der Waals surface area contributed by atoms with Crippen molar-refractivity contribution in [3.8, 4) is 90.0 Å². The first kappa shape index (κ1) is 58.5. The molecule has 590 valence electrons. The smallest absolute Gasteiger partial charge is 0.252 e. The minimum absolute atomic E-state index is 0.132. The van der Waals surface area contributed by atoms with Crippen molar-refractivity contribution in [3.05, 3.63) is 361 Å². The van der Waals surface area contributed by atoms with Gasteiger partial charge in [0.05, 0.1) is 58.1 Å². The quantitative estimate of drug-likeness (QED) is 0.121. The van der Waals surface area contributed by atoms with E-state index in [4.69, 9.17) is 17.7 Å². The van der Waals surface area contributed by atoms with Crippen molar-refractivity contribution in [2.45, 2.75) is 131 Å². The first-order valence-corrected chi connectivity index (χ1v) is 41.4. The summed E-state index contributed by atoms with van der Waals surface area (Å²) in [6, 6.07) is 66.8. The van der Waals surface area contributed by atoms with E-state index in [1.165, 1.54) is 15.7 Å². The Morgan fingerprint density at radius 2 is 0.669 bits per heavy atom. The SMILES string of the molecule is [2H]c1c([2H])c([2H])c(-c2nc(-c3cc(C(C)(C)C)cc(-c4ccccc4)c3N3c4cc(-n5c6c([2H])c([2H])c([2H])c([2H])c6c6c([2H])c([2H])c([2H])c([2H])c65)ccc4B4c5ccc(-n6c7ccc(C(C)(C)C)cc7c7cc(C(C)(C)C)ccc76)cc5N(c5ccc(-c6ccccc6)cc5-c5ccccc5)c5cc(-c6cc(C(C)(C)C)cc(C(C)(C)C)c6)cc3c54)nc(-c3c([2H])c([2H])c([2H])c([2H])c3[2H])n2)c([2H])c1[2H]. The summed E-state index contributed by atoms with van der Waals surface area (Å²) < 4.78 is 175. The van der Waals surface area contributed by atoms with Crippen LogP contribution in [-0.2, 0) is 27.1 Å². The minimum Gasteiger partial charge on any atom is -0.311 e. The summed E-state index contributed by atoms with van der Waals surface area (Å²) in [6.45, 7) is 32.0. The number of hydrogen-bond acceptors (Lipinski definition) is 5. The van der Waals surface area contributed by atoms with Gasteiger partial charge < -0.3 is 18.9 Å². The number of nitrogens with zero attached hydrogens (tertiary/aromatic N) is 7. The van der Waals surface area contributed by atoms with Crippen LogP contribution < -0.4 is 26.2 Å². The predicted octanol–water partition coefficient (Wildman–Crippen LogP) is 28.3. The van der Waals surface area contributed by atoms with Crippen molar-refractivity contribution in [2.24, 2.45) is 0 Å². The van der Waals surface area contributed by atoms with E-state index in [1.807, 2.05) is 99.6 Å². The first-order chi connectivity index (χ1) is 65.6. The van der Waals surface area contributed by atoms with Crippen molar-refractivity contribution < 1.29 is 24.7 Å². The van der Waals surface area contributed by atoms with E-state index < -0.39 is 154 Å². The fraction of sp³-hybridized carbons (Fsp3) is 0.177. The van der Waals surface area contributed by atoms with Crippen LogP contribution in [0, 0.1) is 0 Å². The number of aromatic nitrogens is 5. The maximum atomic E-state index is 10.1. The number of para-hydroxylation sites is 2. The lowest BCUT2D eigenvalue weighted by atomic mass is 9.33. The number of rotatable bonds is 11. The lowest BCUT2D eigenvalue weighted by Gasteiger charge is -2.46. The fourth-order valence-electron chi connectivity index (χ4n) is 17.6. The lowest BCUT2D eigenvalue weighted by molar-refractivity contribution is 0.569. The monoisotopic (exact) mass is 1580 g/mol. The van der Waals surface area contributed by atoms with Crippen LogP contribution in [0.1, 0.15) is 156 Å². The standard InChI is InChI=1S/C113H100BN7/c1-109(2,3)79-50-57-98-90(65-79)91-66-80(110(4,5)6)51-58-99(91)119(98)84-52-54-93-100(69-84)120(97-56-49-76(71-35-21-16-22-36-71)61-88(97)72-37-23-17-24-38-72)102-62-78(77-59-81(111(7,8)9)64-82(60-77)112(10,11)12)63-103-104(102)114(93)94-55-53-85(118-95-47-33-31-45-86(95)87-46-32-34-48-96(87)118)70-101(94)121(103)105-89(73-39-25-18-26-40-73)67-83(113(13,14)15)68-92(105)108-116-106(74-41-27-19-28-42-74)115-107(117-108)75-43-29-20-30-44-75/h16-70H,1-15H3/i19D,20D,27D,28D,29D,30D,31D,32D,33D,34D,41D,42D,43D,44D,45D,46D,47D,48D. The highest BCUT2D eigenvalue weighted by Gasteiger charge is 2.46. The van der Waals surface area contributed by atoms with E-state index in [9.17, 15) is 21.9 Å². The highest BCUT2D eigenvalue weighted by atomic mass is 15.2. The molecule has 18 aromatic rings. The lowest BCUT2D eigenvalue weighted by Crippen LogP contribution is -2.61. The molecule has 5 heterocycles. The summed E-state index contributed by atoms with van der Waals surface area (Å²) >= 11 is 0. The molecule has 0 fully saturated rings. The van der Waals surface area contributed by atoms with E-state index in [-0.39, 0.29) is 49.7 Å². The van der Waals surface area contributed by atoms with Crippen molar-refractivity contribution in [2.75, 3.05) is 9.80 Å². The summed E-state index contributed by atoms with van der Waals surface area (Å²) in [5, 5.41) is 1.89. The van der Waals surface area contributed by atoms with E-state index in [2.05, 4.69) is 243 Å². The molecule has 0 unspecified atom stereocenters. The van der Waals surface area contributed by atoms with E-state index >= 15 is 0 Å². The molecule has 0 spiro atoms. The van der Waals surface area contributed by atoms with Gasteiger partial charge in [-0.2, -0.15) is 0 Å². The summed E-state index contributed by atoms with van der Waals surface area (Å²) in [7, 11) is 0. The Labute approximate surface area is 737 Å². The number of hydrogen-bond donors (Lipinski definition) is 0. The average molecular weight is 1590 g/mol. The number of benzene rings is 15. The second kappa shape index (κ2) is 28.7. The summed E-state index contributed by atoms with van der Waals surface area (Å²) in [5.41, 5.74) is 17.3. The largest absolute Gasteiger partial charge is 0.311 e. The van der Waals surface area contributed by atoms with Gasteiger partial charge in [0.15, 0.2) is 17.5 Å². The maximum absolute atomic E-state index is 10.1. The van der Waals surface area contributed by atoms with Crippen molar-refractivity contribution in [3.63, 3.8) is 0 Å². The van der Waals surface area contributed by atoms with Crippen molar-refractivity contribution >= 4 is 101 Å². The molecular weight excluding hydrogens is 1470 g/mol. The third kappa shape index (κ3) is 13.3. The van der Waals surface area contributed by atoms with E-state index in [0.717, 1.165) is 100.0 Å². The van der Waals surface area contributed by atoms with E-state index in [1.54, 1.807) is 0 Å². The Morgan fingerprint density at radius 1 is 0.256 bits per heavy atom. The molecule has 7 nitrogen and oxygen atoms in total. The zero-order valence-electron chi connectivity index (χ0n) is 88.6. The molecule has 2 aliphatic heterocycles. The van der Waals surface area contributed by atoms with Gasteiger partial charge in [0.25, 0.3) is 6.71 Å². The second-order valence-corrected chi connectivity index (χ2v) is 37.2. The topological polar surface area (TPSA) is 55.0 Å². The maximum Gasteiger partial charge on any atom is 0.252 e. The van der Waals surface area contributed by atoms with Gasteiger partial charge in [-0.25, -0.2) is 15.0 Å². The molecule has 121 heavy (non-hydrogen) atoms. The Balaban J connectivity index is 1.03. The predicted molar refractivity (Wildman–Crippen MR) is 514 cm³/mol. The molecule has 0 amide bonds. The van der Waals surface area contributed by atoms with Gasteiger partial charge in [-0.15, -0.1) is 0 Å². The molecule has 0 saturated heterocycles. The van der Waals surface area contributed by atoms with E-state index in [0.29, 0.717) is 39.2 Å². The first-order valence-electron chi connectivity index (χ1n) is 50.4. The van der Waals surface area contributed by atoms with Crippen molar-refractivity contribution in [1.29, 1.82) is 0 Å². The molecule has 3 aromatic heterocycles. The highest BCUT2D eigenvalue weighted by molar-refractivity contribution is 7.00. The molecule has 0 atom stereocenters. The second-order valence-electron chi connectivity index (χ2n) is 37.2. The molecule has 8 heteroatoms. The van der Waals surface area contributed by atoms with Crippen LogP contribution in [-0.4, -0.2) is 30.8 Å². The van der Waals surface area contributed by atoms with Crippen LogP contribution in [0.2, 0.25) is 0 Å². The molecule has 20 rings (SSSR count). The molecule has 2 aliphatic rings. The molecule has 0 N–H and O–H groups in total. The van der Waals surface area contributed by atoms with Gasteiger partial charge >= 0.3 is 0 Å². The van der Waals surface area contributed by atoms with Gasteiger partial charge in [0.1, 0.15) is 0 Å². The molecule has 0 bridgehead atoms. The van der Waals surface area contributed by atoms with Gasteiger partial charge in [0, 0.05) is 83.5 Å². The fourth-order valence-corrected chi connectivity index (χ4v) is 17.6.